The molecule has 0 saturated carbocycles. The van der Waals surface area contributed by atoms with Gasteiger partial charge in [0, 0.05) is 6.54 Å². The largest absolute Gasteiger partial charge is 0.480 e. The molecule has 0 aromatic heterocycles. The molecule has 0 spiro atoms. The SMILES string of the molecule is Cc1cc(CN(C)C(C)C(=O)O)ccc1F. The van der Waals surface area contributed by atoms with Crippen LogP contribution in [0.4, 0.5) is 4.39 Å². The van der Waals surface area contributed by atoms with Gasteiger partial charge in [-0.3, -0.25) is 9.69 Å². The number of hydrogen-bond acceptors (Lipinski definition) is 2. The average Bonchev–Trinajstić information content (AvgIpc) is 2.22. The highest BCUT2D eigenvalue weighted by Crippen LogP contribution is 2.12. The van der Waals surface area contributed by atoms with Crippen molar-refractivity contribution in [2.75, 3.05) is 7.05 Å². The zero-order chi connectivity index (χ0) is 12.3. The fourth-order valence-corrected chi connectivity index (χ4v) is 1.42. The Morgan fingerprint density at radius 1 is 1.56 bits per heavy atom. The molecule has 0 radical (unpaired) electrons. The maximum Gasteiger partial charge on any atom is 0.320 e. The van der Waals surface area contributed by atoms with Gasteiger partial charge in [-0.15, -0.1) is 0 Å². The molecule has 1 rings (SSSR count). The van der Waals surface area contributed by atoms with Gasteiger partial charge in [0.25, 0.3) is 0 Å². The molecule has 1 unspecified atom stereocenters. The molecule has 0 amide bonds. The Labute approximate surface area is 94.5 Å². The summed E-state index contributed by atoms with van der Waals surface area (Å²) in [5.74, 6) is -1.10. The first-order valence-electron chi connectivity index (χ1n) is 5.10. The summed E-state index contributed by atoms with van der Waals surface area (Å²) in [7, 11) is 1.73. The smallest absolute Gasteiger partial charge is 0.320 e. The van der Waals surface area contributed by atoms with Gasteiger partial charge in [0.05, 0.1) is 0 Å². The van der Waals surface area contributed by atoms with Crippen molar-refractivity contribution >= 4 is 5.97 Å². The van der Waals surface area contributed by atoms with Crippen LogP contribution >= 0.6 is 0 Å². The number of carboxylic acids is 1. The molecule has 3 nitrogen and oxygen atoms in total. The van der Waals surface area contributed by atoms with Crippen LogP contribution in [0.2, 0.25) is 0 Å². The first kappa shape index (κ1) is 12.6. The minimum Gasteiger partial charge on any atom is -0.480 e. The minimum atomic E-state index is -0.860. The van der Waals surface area contributed by atoms with Crippen molar-refractivity contribution in [3.8, 4) is 0 Å². The van der Waals surface area contributed by atoms with Crippen LogP contribution in [-0.2, 0) is 11.3 Å². The minimum absolute atomic E-state index is 0.238. The van der Waals surface area contributed by atoms with E-state index in [-0.39, 0.29) is 5.82 Å². The number of nitrogens with zero attached hydrogens (tertiary/aromatic N) is 1. The van der Waals surface area contributed by atoms with Crippen LogP contribution in [-0.4, -0.2) is 29.1 Å². The lowest BCUT2D eigenvalue weighted by Gasteiger charge is -2.21. The molecule has 1 N–H and O–H groups in total. The number of likely N-dealkylation sites (N-methyl/N-ethyl adjacent to an activating group) is 1. The van der Waals surface area contributed by atoms with Crippen LogP contribution in [0.25, 0.3) is 0 Å². The van der Waals surface area contributed by atoms with Gasteiger partial charge < -0.3 is 5.11 Å². The topological polar surface area (TPSA) is 40.5 Å². The molecule has 1 aromatic rings. The summed E-state index contributed by atoms with van der Waals surface area (Å²) < 4.78 is 13.0. The normalized spacial score (nSPS) is 12.8. The fourth-order valence-electron chi connectivity index (χ4n) is 1.42. The van der Waals surface area contributed by atoms with Gasteiger partial charge in [-0.2, -0.15) is 0 Å². The van der Waals surface area contributed by atoms with Crippen LogP contribution in [0.3, 0.4) is 0 Å². The van der Waals surface area contributed by atoms with Crippen molar-refractivity contribution in [2.24, 2.45) is 0 Å². The van der Waals surface area contributed by atoms with Crippen LogP contribution in [0, 0.1) is 12.7 Å². The molecule has 0 bridgehead atoms. The van der Waals surface area contributed by atoms with E-state index >= 15 is 0 Å². The predicted molar refractivity (Wildman–Crippen MR) is 59.7 cm³/mol. The number of carbonyl (C=O) groups is 1. The Kier molecular flexibility index (Phi) is 4.01. The van der Waals surface area contributed by atoms with E-state index in [2.05, 4.69) is 0 Å². The lowest BCUT2D eigenvalue weighted by Crippen LogP contribution is -2.35. The van der Waals surface area contributed by atoms with Crippen LogP contribution in [0.15, 0.2) is 18.2 Å². The molecule has 0 aliphatic rings. The predicted octanol–water partition coefficient (Wildman–Crippen LogP) is 2.04. The number of aryl methyl sites for hydroxylation is 1. The van der Waals surface area contributed by atoms with Gasteiger partial charge in [0.15, 0.2) is 0 Å². The lowest BCUT2D eigenvalue weighted by atomic mass is 10.1. The van der Waals surface area contributed by atoms with Gasteiger partial charge in [-0.05, 0) is 38.1 Å². The van der Waals surface area contributed by atoms with Crippen molar-refractivity contribution in [1.82, 2.24) is 4.90 Å². The number of halogens is 1. The Morgan fingerprint density at radius 2 is 2.19 bits per heavy atom. The summed E-state index contributed by atoms with van der Waals surface area (Å²) in [5.41, 5.74) is 1.49. The number of rotatable bonds is 4. The van der Waals surface area contributed by atoms with E-state index in [0.29, 0.717) is 12.1 Å². The molecular formula is C12H16FNO2. The highest BCUT2D eigenvalue weighted by molar-refractivity contribution is 5.72. The third kappa shape index (κ3) is 3.03. The Balaban J connectivity index is 2.73. The highest BCUT2D eigenvalue weighted by atomic mass is 19.1. The first-order chi connectivity index (χ1) is 7.41. The van der Waals surface area contributed by atoms with Gasteiger partial charge in [-0.25, -0.2) is 4.39 Å². The van der Waals surface area contributed by atoms with E-state index < -0.39 is 12.0 Å². The molecule has 0 saturated heterocycles. The zero-order valence-corrected chi connectivity index (χ0v) is 9.70. The summed E-state index contributed by atoms with van der Waals surface area (Å²) in [4.78, 5) is 12.5. The standard InChI is InChI=1S/C12H16FNO2/c1-8-6-10(4-5-11(8)13)7-14(3)9(2)12(15)16/h4-6,9H,7H2,1-3H3,(H,15,16). The summed E-state index contributed by atoms with van der Waals surface area (Å²) >= 11 is 0. The first-order valence-corrected chi connectivity index (χ1v) is 5.10. The van der Waals surface area contributed by atoms with E-state index in [1.54, 1.807) is 37.9 Å². The summed E-state index contributed by atoms with van der Waals surface area (Å²) in [6.45, 7) is 3.81. The molecule has 1 aromatic carbocycles. The Morgan fingerprint density at radius 3 is 2.69 bits per heavy atom. The molecule has 0 heterocycles. The van der Waals surface area contributed by atoms with E-state index in [9.17, 15) is 9.18 Å². The van der Waals surface area contributed by atoms with Crippen molar-refractivity contribution < 1.29 is 14.3 Å². The van der Waals surface area contributed by atoms with Gasteiger partial charge in [0.2, 0.25) is 0 Å². The number of carboxylic acid groups (broad SMARTS) is 1. The summed E-state index contributed by atoms with van der Waals surface area (Å²) in [5, 5.41) is 8.83. The lowest BCUT2D eigenvalue weighted by molar-refractivity contribution is -0.142. The maximum atomic E-state index is 13.0. The quantitative estimate of drug-likeness (QED) is 0.852. The number of aliphatic carboxylic acids is 1. The monoisotopic (exact) mass is 225 g/mol. The molecule has 1 atom stereocenters. The average molecular weight is 225 g/mol. The second kappa shape index (κ2) is 5.07. The molecule has 4 heteroatoms. The molecule has 0 fully saturated rings. The second-order valence-electron chi connectivity index (χ2n) is 4.01. The fraction of sp³-hybridized carbons (Fsp3) is 0.417. The summed E-state index contributed by atoms with van der Waals surface area (Å²) in [6.07, 6.45) is 0. The van der Waals surface area contributed by atoms with E-state index in [4.69, 9.17) is 5.11 Å². The number of hydrogen-bond donors (Lipinski definition) is 1. The third-order valence-electron chi connectivity index (χ3n) is 2.67. The molecular weight excluding hydrogens is 209 g/mol. The Hall–Kier alpha value is -1.42. The van der Waals surface area contributed by atoms with E-state index in [0.717, 1.165) is 5.56 Å². The van der Waals surface area contributed by atoms with Gasteiger partial charge in [0.1, 0.15) is 11.9 Å². The molecule has 0 aliphatic carbocycles. The zero-order valence-electron chi connectivity index (χ0n) is 9.70. The van der Waals surface area contributed by atoms with Crippen LogP contribution in [0.1, 0.15) is 18.1 Å². The van der Waals surface area contributed by atoms with Gasteiger partial charge >= 0.3 is 5.97 Å². The maximum absolute atomic E-state index is 13.0. The Bertz CT molecular complexity index is 393. The van der Waals surface area contributed by atoms with Crippen molar-refractivity contribution in [3.63, 3.8) is 0 Å². The molecule has 16 heavy (non-hydrogen) atoms. The number of benzene rings is 1. The van der Waals surface area contributed by atoms with Gasteiger partial charge in [-0.1, -0.05) is 12.1 Å². The highest BCUT2D eigenvalue weighted by Gasteiger charge is 2.16. The van der Waals surface area contributed by atoms with E-state index in [1.165, 1.54) is 6.07 Å². The van der Waals surface area contributed by atoms with Crippen molar-refractivity contribution in [2.45, 2.75) is 26.4 Å². The second-order valence-corrected chi connectivity index (χ2v) is 4.01. The van der Waals surface area contributed by atoms with Crippen molar-refractivity contribution in [1.29, 1.82) is 0 Å². The molecule has 0 aliphatic heterocycles. The van der Waals surface area contributed by atoms with E-state index in [1.807, 2.05) is 0 Å². The molecule has 88 valence electrons. The third-order valence-corrected chi connectivity index (χ3v) is 2.67. The van der Waals surface area contributed by atoms with Crippen molar-refractivity contribution in [3.05, 3.63) is 35.1 Å². The van der Waals surface area contributed by atoms with Crippen LogP contribution < -0.4 is 0 Å². The van der Waals surface area contributed by atoms with Crippen LogP contribution in [0.5, 0.6) is 0 Å². The summed E-state index contributed by atoms with van der Waals surface area (Å²) in [6, 6.07) is 4.27.